The van der Waals surface area contributed by atoms with Crippen LogP contribution >= 0.6 is 0 Å². The molecule has 0 atom stereocenters. The minimum absolute atomic E-state index is 0.134. The number of rotatable bonds is 11. The molecule has 4 aromatic rings. The van der Waals surface area contributed by atoms with Gasteiger partial charge in [0.25, 0.3) is 5.91 Å². The molecule has 2 N–H and O–H groups in total. The van der Waals surface area contributed by atoms with Gasteiger partial charge in [-0.1, -0.05) is 42.5 Å². The highest BCUT2D eigenvalue weighted by Gasteiger charge is 2.14. The Balaban J connectivity index is 1.34. The van der Waals surface area contributed by atoms with E-state index < -0.39 is 0 Å². The fourth-order valence-corrected chi connectivity index (χ4v) is 3.73. The van der Waals surface area contributed by atoms with Crippen molar-refractivity contribution in [2.45, 2.75) is 19.7 Å². The quantitative estimate of drug-likeness (QED) is 0.318. The van der Waals surface area contributed by atoms with Crippen molar-refractivity contribution in [3.63, 3.8) is 0 Å². The third-order valence-corrected chi connectivity index (χ3v) is 5.56. The second-order valence-electron chi connectivity index (χ2n) is 8.35. The van der Waals surface area contributed by atoms with Crippen molar-refractivity contribution in [1.82, 2.24) is 10.2 Å². The standard InChI is InChI=1S/C29H29N3O4/c1-30-29(34)24-11-9-22(10-12-24)18-32(19-27-8-5-17-35-27)20-28(33)31-25-13-15-26(16-14-25)36-21-23-6-3-2-4-7-23/h2-17H,18-21H2,1H3,(H,30,34)(H,31,33). The molecule has 0 saturated heterocycles. The van der Waals surface area contributed by atoms with Gasteiger partial charge in [-0.15, -0.1) is 0 Å². The lowest BCUT2D eigenvalue weighted by Gasteiger charge is -2.21. The van der Waals surface area contributed by atoms with Crippen molar-refractivity contribution in [2.24, 2.45) is 0 Å². The van der Waals surface area contributed by atoms with Gasteiger partial charge in [-0.05, 0) is 59.7 Å². The number of furan rings is 1. The molecule has 3 aromatic carbocycles. The largest absolute Gasteiger partial charge is 0.489 e. The van der Waals surface area contributed by atoms with Crippen LogP contribution in [-0.4, -0.2) is 30.3 Å². The van der Waals surface area contributed by atoms with Crippen molar-refractivity contribution in [1.29, 1.82) is 0 Å². The highest BCUT2D eigenvalue weighted by molar-refractivity contribution is 5.94. The lowest BCUT2D eigenvalue weighted by molar-refractivity contribution is -0.117. The van der Waals surface area contributed by atoms with Crippen LogP contribution in [0.2, 0.25) is 0 Å². The van der Waals surface area contributed by atoms with Crippen molar-refractivity contribution < 1.29 is 18.7 Å². The molecule has 7 heteroatoms. The summed E-state index contributed by atoms with van der Waals surface area (Å²) in [5, 5.41) is 5.57. The monoisotopic (exact) mass is 483 g/mol. The van der Waals surface area contributed by atoms with Crippen LogP contribution in [0, 0.1) is 0 Å². The van der Waals surface area contributed by atoms with Gasteiger partial charge in [0.15, 0.2) is 0 Å². The zero-order valence-electron chi connectivity index (χ0n) is 20.1. The molecule has 184 valence electrons. The van der Waals surface area contributed by atoms with Gasteiger partial charge in [0.2, 0.25) is 5.91 Å². The predicted molar refractivity (Wildman–Crippen MR) is 138 cm³/mol. The molecule has 4 rings (SSSR count). The number of nitrogens with one attached hydrogen (secondary N) is 2. The van der Waals surface area contributed by atoms with E-state index in [0.29, 0.717) is 30.9 Å². The summed E-state index contributed by atoms with van der Waals surface area (Å²) in [5.41, 5.74) is 3.37. The summed E-state index contributed by atoms with van der Waals surface area (Å²) in [6.45, 7) is 1.65. The maximum atomic E-state index is 12.9. The van der Waals surface area contributed by atoms with Crippen molar-refractivity contribution >= 4 is 17.5 Å². The smallest absolute Gasteiger partial charge is 0.251 e. The maximum Gasteiger partial charge on any atom is 0.251 e. The minimum atomic E-state index is -0.138. The first-order valence-electron chi connectivity index (χ1n) is 11.7. The van der Waals surface area contributed by atoms with Crippen molar-refractivity contribution in [3.8, 4) is 5.75 Å². The average molecular weight is 484 g/mol. The summed E-state index contributed by atoms with van der Waals surface area (Å²) >= 11 is 0. The van der Waals surface area contributed by atoms with Crippen molar-refractivity contribution in [3.05, 3.63) is 120 Å². The maximum absolute atomic E-state index is 12.9. The number of anilines is 1. The molecule has 1 aromatic heterocycles. The predicted octanol–water partition coefficient (Wildman–Crippen LogP) is 4.86. The lowest BCUT2D eigenvalue weighted by atomic mass is 10.1. The van der Waals surface area contributed by atoms with E-state index in [1.54, 1.807) is 25.4 Å². The summed E-state index contributed by atoms with van der Waals surface area (Å²) in [7, 11) is 1.60. The summed E-state index contributed by atoms with van der Waals surface area (Å²) in [4.78, 5) is 26.6. The fourth-order valence-electron chi connectivity index (χ4n) is 3.73. The summed E-state index contributed by atoms with van der Waals surface area (Å²) < 4.78 is 11.3. The fraction of sp³-hybridized carbons (Fsp3) is 0.172. The first-order valence-corrected chi connectivity index (χ1v) is 11.7. The van der Waals surface area contributed by atoms with Gasteiger partial charge in [0.05, 0.1) is 19.4 Å². The van der Waals surface area contributed by atoms with Crippen LogP contribution in [-0.2, 0) is 24.5 Å². The highest BCUT2D eigenvalue weighted by atomic mass is 16.5. The van der Waals surface area contributed by atoms with Gasteiger partial charge in [-0.3, -0.25) is 14.5 Å². The van der Waals surface area contributed by atoms with E-state index in [1.807, 2.05) is 83.8 Å². The molecule has 0 unspecified atom stereocenters. The zero-order chi connectivity index (χ0) is 25.2. The SMILES string of the molecule is CNC(=O)c1ccc(CN(CC(=O)Nc2ccc(OCc3ccccc3)cc2)Cc2ccco2)cc1. The van der Waals surface area contributed by atoms with Gasteiger partial charge in [0, 0.05) is 24.8 Å². The lowest BCUT2D eigenvalue weighted by Crippen LogP contribution is -2.32. The summed E-state index contributed by atoms with van der Waals surface area (Å²) in [5.74, 6) is 1.23. The molecule has 1 heterocycles. The van der Waals surface area contributed by atoms with E-state index >= 15 is 0 Å². The Morgan fingerprint density at radius 1 is 0.833 bits per heavy atom. The Labute approximate surface area is 210 Å². The van der Waals surface area contributed by atoms with E-state index in [-0.39, 0.29) is 18.4 Å². The molecule has 0 aliphatic carbocycles. The second kappa shape index (κ2) is 12.4. The molecule has 0 fully saturated rings. The second-order valence-corrected chi connectivity index (χ2v) is 8.35. The molecule has 0 spiro atoms. The van der Waals surface area contributed by atoms with Crippen LogP contribution in [0.3, 0.4) is 0 Å². The third kappa shape index (κ3) is 7.32. The Bertz CT molecular complexity index is 1240. The van der Waals surface area contributed by atoms with Gasteiger partial charge in [-0.2, -0.15) is 0 Å². The van der Waals surface area contributed by atoms with Gasteiger partial charge in [0.1, 0.15) is 18.1 Å². The number of nitrogens with zero attached hydrogens (tertiary/aromatic N) is 1. The number of ether oxygens (including phenoxy) is 1. The average Bonchev–Trinajstić information content (AvgIpc) is 3.42. The molecular formula is C29H29N3O4. The molecule has 0 bridgehead atoms. The van der Waals surface area contributed by atoms with Crippen LogP contribution in [0.25, 0.3) is 0 Å². The molecule has 0 aliphatic heterocycles. The topological polar surface area (TPSA) is 83.8 Å². The molecule has 0 radical (unpaired) electrons. The van der Waals surface area contributed by atoms with Crippen LogP contribution in [0.1, 0.15) is 27.2 Å². The van der Waals surface area contributed by atoms with Crippen LogP contribution in [0.15, 0.2) is 102 Å². The Morgan fingerprint density at radius 2 is 1.58 bits per heavy atom. The normalized spacial score (nSPS) is 10.7. The first kappa shape index (κ1) is 24.8. The summed E-state index contributed by atoms with van der Waals surface area (Å²) in [6, 6.07) is 28.3. The number of hydrogen-bond acceptors (Lipinski definition) is 5. The van der Waals surface area contributed by atoms with E-state index in [1.165, 1.54) is 0 Å². The Kier molecular flexibility index (Phi) is 8.51. The van der Waals surface area contributed by atoms with E-state index in [2.05, 4.69) is 10.6 Å². The molecule has 2 amide bonds. The Hall–Kier alpha value is -4.36. The highest BCUT2D eigenvalue weighted by Crippen LogP contribution is 2.18. The molecule has 0 saturated carbocycles. The van der Waals surface area contributed by atoms with Gasteiger partial charge < -0.3 is 19.8 Å². The molecular weight excluding hydrogens is 454 g/mol. The van der Waals surface area contributed by atoms with Crippen molar-refractivity contribution in [2.75, 3.05) is 18.9 Å². The molecule has 36 heavy (non-hydrogen) atoms. The van der Waals surface area contributed by atoms with Gasteiger partial charge in [-0.25, -0.2) is 0 Å². The molecule has 7 nitrogen and oxygen atoms in total. The number of carbonyl (C=O) groups excluding carboxylic acids is 2. The van der Waals surface area contributed by atoms with Crippen LogP contribution < -0.4 is 15.4 Å². The molecule has 0 aliphatic rings. The Morgan fingerprint density at radius 3 is 2.25 bits per heavy atom. The summed E-state index contributed by atoms with van der Waals surface area (Å²) in [6.07, 6.45) is 1.62. The van der Waals surface area contributed by atoms with E-state index in [9.17, 15) is 9.59 Å². The van der Waals surface area contributed by atoms with E-state index in [4.69, 9.17) is 9.15 Å². The van der Waals surface area contributed by atoms with Gasteiger partial charge >= 0.3 is 0 Å². The van der Waals surface area contributed by atoms with E-state index in [0.717, 1.165) is 22.6 Å². The first-order chi connectivity index (χ1) is 17.6. The third-order valence-electron chi connectivity index (χ3n) is 5.56. The number of amides is 2. The number of carbonyl (C=O) groups is 2. The number of hydrogen-bond donors (Lipinski definition) is 2. The van der Waals surface area contributed by atoms with Crippen LogP contribution in [0.5, 0.6) is 5.75 Å². The number of benzene rings is 3. The zero-order valence-corrected chi connectivity index (χ0v) is 20.1. The minimum Gasteiger partial charge on any atom is -0.489 e. The van der Waals surface area contributed by atoms with Crippen LogP contribution in [0.4, 0.5) is 5.69 Å².